The molecule has 0 saturated heterocycles. The van der Waals surface area contributed by atoms with Gasteiger partial charge in [0.05, 0.1) is 5.56 Å². The lowest BCUT2D eigenvalue weighted by molar-refractivity contribution is 0.0710. The Morgan fingerprint density at radius 2 is 2.21 bits per heavy atom. The second-order valence-corrected chi connectivity index (χ2v) is 4.62. The minimum absolute atomic E-state index is 0.0281. The lowest BCUT2D eigenvalue weighted by atomic mass is 10.2. The summed E-state index contributed by atoms with van der Waals surface area (Å²) in [5.41, 5.74) is 6.84. The largest absolute Gasteiger partial charge is 0.409 e. The molecule has 1 aromatic rings. The normalized spacial score (nSPS) is 11.7. The van der Waals surface area contributed by atoms with Crippen molar-refractivity contribution in [2.45, 2.75) is 33.2 Å². The van der Waals surface area contributed by atoms with Gasteiger partial charge in [0.15, 0.2) is 0 Å². The van der Waals surface area contributed by atoms with Crippen molar-refractivity contribution >= 4 is 11.7 Å². The fourth-order valence-electron chi connectivity index (χ4n) is 1.64. The standard InChI is InChI=1S/C13H20N4O2/c1-9(2)17(7-6-12(14)16-19)13(18)11-5-4-10(3)15-8-11/h4-5,8-9,19H,6-7H2,1-3H3,(H2,14,16). The minimum Gasteiger partial charge on any atom is -0.409 e. The highest BCUT2D eigenvalue weighted by molar-refractivity contribution is 5.94. The van der Waals surface area contributed by atoms with Crippen LogP contribution in [0.15, 0.2) is 23.5 Å². The summed E-state index contributed by atoms with van der Waals surface area (Å²) in [6.07, 6.45) is 1.90. The van der Waals surface area contributed by atoms with Gasteiger partial charge < -0.3 is 15.8 Å². The van der Waals surface area contributed by atoms with Crippen LogP contribution in [0.3, 0.4) is 0 Å². The number of hydrogen-bond donors (Lipinski definition) is 2. The van der Waals surface area contributed by atoms with E-state index in [-0.39, 0.29) is 17.8 Å². The maximum atomic E-state index is 12.3. The molecule has 1 aromatic heterocycles. The number of aryl methyl sites for hydroxylation is 1. The Bertz CT molecular complexity index is 454. The van der Waals surface area contributed by atoms with E-state index in [0.717, 1.165) is 5.69 Å². The predicted octanol–water partition coefficient (Wildman–Crippen LogP) is 1.38. The zero-order chi connectivity index (χ0) is 14.4. The molecule has 6 nitrogen and oxygen atoms in total. The fourth-order valence-corrected chi connectivity index (χ4v) is 1.64. The van der Waals surface area contributed by atoms with Crippen molar-refractivity contribution < 1.29 is 10.0 Å². The molecule has 0 aliphatic heterocycles. The average molecular weight is 264 g/mol. The molecule has 0 bridgehead atoms. The van der Waals surface area contributed by atoms with Crippen molar-refractivity contribution in [2.24, 2.45) is 10.9 Å². The predicted molar refractivity (Wildman–Crippen MR) is 73.2 cm³/mol. The lowest BCUT2D eigenvalue weighted by Crippen LogP contribution is -2.39. The molecular formula is C13H20N4O2. The van der Waals surface area contributed by atoms with Crippen molar-refractivity contribution in [3.05, 3.63) is 29.6 Å². The van der Waals surface area contributed by atoms with Crippen LogP contribution >= 0.6 is 0 Å². The van der Waals surface area contributed by atoms with E-state index in [2.05, 4.69) is 10.1 Å². The number of nitrogens with two attached hydrogens (primary N) is 1. The molecule has 0 unspecified atom stereocenters. The van der Waals surface area contributed by atoms with Crippen LogP contribution in [0.2, 0.25) is 0 Å². The number of aromatic nitrogens is 1. The van der Waals surface area contributed by atoms with E-state index < -0.39 is 0 Å². The van der Waals surface area contributed by atoms with Gasteiger partial charge >= 0.3 is 0 Å². The molecule has 0 fully saturated rings. The van der Waals surface area contributed by atoms with E-state index in [4.69, 9.17) is 10.9 Å². The van der Waals surface area contributed by atoms with Gasteiger partial charge in [-0.1, -0.05) is 5.16 Å². The van der Waals surface area contributed by atoms with Gasteiger partial charge in [0.2, 0.25) is 0 Å². The number of pyridine rings is 1. The van der Waals surface area contributed by atoms with Gasteiger partial charge in [-0.3, -0.25) is 9.78 Å². The zero-order valence-electron chi connectivity index (χ0n) is 11.5. The van der Waals surface area contributed by atoms with Crippen molar-refractivity contribution in [1.29, 1.82) is 0 Å². The van der Waals surface area contributed by atoms with Crippen molar-refractivity contribution in [3.8, 4) is 0 Å². The fraction of sp³-hybridized carbons (Fsp3) is 0.462. The van der Waals surface area contributed by atoms with Gasteiger partial charge in [-0.15, -0.1) is 0 Å². The third-order valence-corrected chi connectivity index (χ3v) is 2.78. The molecule has 0 atom stereocenters. The van der Waals surface area contributed by atoms with Crippen LogP contribution in [0, 0.1) is 6.92 Å². The van der Waals surface area contributed by atoms with Gasteiger partial charge in [0, 0.05) is 30.9 Å². The number of oxime groups is 1. The van der Waals surface area contributed by atoms with Gasteiger partial charge in [-0.2, -0.15) is 0 Å². The van der Waals surface area contributed by atoms with Crippen molar-refractivity contribution in [2.75, 3.05) is 6.54 Å². The van der Waals surface area contributed by atoms with Crippen LogP contribution in [0.5, 0.6) is 0 Å². The highest BCUT2D eigenvalue weighted by atomic mass is 16.4. The first-order valence-electron chi connectivity index (χ1n) is 6.15. The number of amides is 1. The number of carbonyl (C=O) groups is 1. The van der Waals surface area contributed by atoms with Gasteiger partial charge in [0.1, 0.15) is 5.84 Å². The van der Waals surface area contributed by atoms with E-state index in [9.17, 15) is 4.79 Å². The maximum Gasteiger partial charge on any atom is 0.255 e. The summed E-state index contributed by atoms with van der Waals surface area (Å²) < 4.78 is 0. The summed E-state index contributed by atoms with van der Waals surface area (Å²) in [7, 11) is 0. The average Bonchev–Trinajstić information content (AvgIpc) is 2.38. The molecule has 6 heteroatoms. The third-order valence-electron chi connectivity index (χ3n) is 2.78. The first-order chi connectivity index (χ1) is 8.95. The minimum atomic E-state index is -0.103. The smallest absolute Gasteiger partial charge is 0.255 e. The number of amidine groups is 1. The summed E-state index contributed by atoms with van der Waals surface area (Å²) in [6.45, 7) is 6.12. The lowest BCUT2D eigenvalue weighted by Gasteiger charge is -2.26. The van der Waals surface area contributed by atoms with Crippen LogP contribution in [0.1, 0.15) is 36.3 Å². The van der Waals surface area contributed by atoms with Crippen LogP contribution in [0.4, 0.5) is 0 Å². The van der Waals surface area contributed by atoms with E-state index in [0.29, 0.717) is 18.5 Å². The molecule has 104 valence electrons. The molecule has 0 radical (unpaired) electrons. The zero-order valence-corrected chi connectivity index (χ0v) is 11.5. The number of carbonyl (C=O) groups excluding carboxylic acids is 1. The quantitative estimate of drug-likeness (QED) is 0.364. The van der Waals surface area contributed by atoms with Crippen LogP contribution in [-0.4, -0.2) is 39.4 Å². The summed E-state index contributed by atoms with van der Waals surface area (Å²) in [5.74, 6) is 0.00807. The Balaban J connectivity index is 2.81. The van der Waals surface area contributed by atoms with Crippen LogP contribution in [-0.2, 0) is 0 Å². The second kappa shape index (κ2) is 6.72. The molecule has 0 saturated carbocycles. The van der Waals surface area contributed by atoms with Gasteiger partial charge in [-0.05, 0) is 32.9 Å². The Morgan fingerprint density at radius 3 is 2.68 bits per heavy atom. The maximum absolute atomic E-state index is 12.3. The van der Waals surface area contributed by atoms with E-state index in [1.165, 1.54) is 0 Å². The molecule has 0 aliphatic rings. The number of hydrogen-bond acceptors (Lipinski definition) is 4. The van der Waals surface area contributed by atoms with E-state index in [1.807, 2.05) is 20.8 Å². The van der Waals surface area contributed by atoms with Crippen LogP contribution in [0.25, 0.3) is 0 Å². The SMILES string of the molecule is Cc1ccc(C(=O)N(CC/C(N)=N/O)C(C)C)cn1. The summed E-state index contributed by atoms with van der Waals surface area (Å²) in [5, 5.41) is 11.4. The molecular weight excluding hydrogens is 244 g/mol. The topological polar surface area (TPSA) is 91.8 Å². The molecule has 1 heterocycles. The van der Waals surface area contributed by atoms with Crippen molar-refractivity contribution in [1.82, 2.24) is 9.88 Å². The third kappa shape index (κ3) is 4.24. The molecule has 0 aliphatic carbocycles. The highest BCUT2D eigenvalue weighted by Crippen LogP contribution is 2.09. The molecule has 3 N–H and O–H groups in total. The monoisotopic (exact) mass is 264 g/mol. The first-order valence-corrected chi connectivity index (χ1v) is 6.15. The second-order valence-electron chi connectivity index (χ2n) is 4.62. The number of rotatable bonds is 5. The Hall–Kier alpha value is -2.11. The van der Waals surface area contributed by atoms with Crippen molar-refractivity contribution in [3.63, 3.8) is 0 Å². The summed E-state index contributed by atoms with van der Waals surface area (Å²) in [4.78, 5) is 18.1. The molecule has 1 amide bonds. The van der Waals surface area contributed by atoms with Gasteiger partial charge in [0.25, 0.3) is 5.91 Å². The first kappa shape index (κ1) is 14.9. The Labute approximate surface area is 112 Å². The molecule has 0 aromatic carbocycles. The molecule has 1 rings (SSSR count). The Kier molecular flexibility index (Phi) is 5.29. The molecule has 19 heavy (non-hydrogen) atoms. The number of nitrogens with zero attached hydrogens (tertiary/aromatic N) is 3. The van der Waals surface area contributed by atoms with E-state index >= 15 is 0 Å². The van der Waals surface area contributed by atoms with Crippen LogP contribution < -0.4 is 5.73 Å². The molecule has 0 spiro atoms. The van der Waals surface area contributed by atoms with E-state index in [1.54, 1.807) is 23.2 Å². The Morgan fingerprint density at radius 1 is 1.53 bits per heavy atom. The summed E-state index contributed by atoms with van der Waals surface area (Å²) >= 11 is 0. The highest BCUT2D eigenvalue weighted by Gasteiger charge is 2.19. The van der Waals surface area contributed by atoms with Gasteiger partial charge in [-0.25, -0.2) is 0 Å². The summed E-state index contributed by atoms with van der Waals surface area (Å²) in [6, 6.07) is 3.58.